The lowest BCUT2D eigenvalue weighted by atomic mass is 9.88. The molecule has 0 aliphatic carbocycles. The van der Waals surface area contributed by atoms with Gasteiger partial charge in [-0.3, -0.25) is 4.31 Å². The van der Waals surface area contributed by atoms with E-state index < -0.39 is 21.8 Å². The molecule has 3 aromatic carbocycles. The fraction of sp³-hybridized carbons (Fsp3) is 0.115. The summed E-state index contributed by atoms with van der Waals surface area (Å²) in [4.78, 5) is -0.109. The Kier molecular flexibility index (Phi) is 5.46. The highest BCUT2D eigenvalue weighted by atomic mass is 32.2. The summed E-state index contributed by atoms with van der Waals surface area (Å²) < 4.78 is 54.3. The maximum atomic E-state index is 14.2. The van der Waals surface area contributed by atoms with Gasteiger partial charge in [0.05, 0.1) is 25.3 Å². The minimum absolute atomic E-state index is 0.0390. The van der Waals surface area contributed by atoms with E-state index in [1.165, 1.54) is 28.6 Å². The van der Waals surface area contributed by atoms with Gasteiger partial charge in [0.25, 0.3) is 10.0 Å². The second-order valence-electron chi connectivity index (χ2n) is 8.05. The fourth-order valence-electron chi connectivity index (χ4n) is 4.36. The molecule has 0 aromatic heterocycles. The number of allylic oxidation sites excluding steroid dienone is 2. The van der Waals surface area contributed by atoms with Crippen LogP contribution in [0, 0.1) is 17.1 Å². The Labute approximate surface area is 202 Å². The Balaban J connectivity index is 1.72. The molecular formula is C26H20FN3O4S. The fourth-order valence-corrected chi connectivity index (χ4v) is 6.28. The van der Waals surface area contributed by atoms with Gasteiger partial charge < -0.3 is 15.2 Å². The number of halogens is 1. The van der Waals surface area contributed by atoms with Crippen LogP contribution in [-0.2, 0) is 21.3 Å². The average Bonchev–Trinajstić information content (AvgIpc) is 2.86. The summed E-state index contributed by atoms with van der Waals surface area (Å²) in [6, 6.07) is 21.3. The molecular weight excluding hydrogens is 469 g/mol. The summed E-state index contributed by atoms with van der Waals surface area (Å²) in [6.45, 7) is 0.0390. The van der Waals surface area contributed by atoms with Crippen molar-refractivity contribution in [1.82, 2.24) is 0 Å². The number of para-hydroxylation sites is 1. The van der Waals surface area contributed by atoms with Crippen LogP contribution in [0.3, 0.4) is 0 Å². The van der Waals surface area contributed by atoms with Crippen molar-refractivity contribution in [3.05, 3.63) is 112 Å². The molecule has 3 aromatic rings. The Morgan fingerprint density at radius 3 is 2.43 bits per heavy atom. The predicted octanol–water partition coefficient (Wildman–Crippen LogP) is 4.36. The number of nitriles is 1. The van der Waals surface area contributed by atoms with Crippen LogP contribution < -0.4 is 14.8 Å². The van der Waals surface area contributed by atoms with Crippen LogP contribution in [0.5, 0.6) is 5.75 Å². The number of methoxy groups -OCH3 is 1. The van der Waals surface area contributed by atoms with Crippen molar-refractivity contribution >= 4 is 21.5 Å². The number of nitrogens with zero attached hydrogens (tertiary/aromatic N) is 2. The van der Waals surface area contributed by atoms with Crippen molar-refractivity contribution < 1.29 is 22.3 Å². The molecule has 2 heterocycles. The highest BCUT2D eigenvalue weighted by Crippen LogP contribution is 2.51. The third-order valence-corrected chi connectivity index (χ3v) is 7.93. The molecule has 2 N–H and O–H groups in total. The molecule has 0 saturated carbocycles. The number of hydrogen-bond donors (Lipinski definition) is 1. The van der Waals surface area contributed by atoms with Gasteiger partial charge in [-0.25, -0.2) is 12.8 Å². The number of sulfonamides is 1. The van der Waals surface area contributed by atoms with E-state index in [0.717, 1.165) is 5.56 Å². The number of nitrogens with two attached hydrogens (primary N) is 1. The van der Waals surface area contributed by atoms with Gasteiger partial charge in [0, 0.05) is 5.56 Å². The maximum absolute atomic E-state index is 14.2. The summed E-state index contributed by atoms with van der Waals surface area (Å²) >= 11 is 0. The molecule has 176 valence electrons. The average molecular weight is 490 g/mol. The van der Waals surface area contributed by atoms with Crippen molar-refractivity contribution in [3.8, 4) is 11.8 Å². The topological polar surface area (TPSA) is 106 Å². The minimum Gasteiger partial charge on any atom is -0.497 e. The van der Waals surface area contributed by atoms with Crippen LogP contribution in [0.15, 0.2) is 89.2 Å². The predicted molar refractivity (Wildman–Crippen MR) is 129 cm³/mol. The third kappa shape index (κ3) is 3.68. The van der Waals surface area contributed by atoms with E-state index in [2.05, 4.69) is 0 Å². The number of hydrogen-bond acceptors (Lipinski definition) is 6. The quantitative estimate of drug-likeness (QED) is 0.584. The Bertz CT molecular complexity index is 1520. The van der Waals surface area contributed by atoms with E-state index in [0.29, 0.717) is 22.6 Å². The normalized spacial score (nSPS) is 18.3. The van der Waals surface area contributed by atoms with Gasteiger partial charge in [-0.2, -0.15) is 5.26 Å². The molecule has 5 rings (SSSR count). The molecule has 0 amide bonds. The van der Waals surface area contributed by atoms with Crippen LogP contribution in [0.4, 0.5) is 10.1 Å². The monoisotopic (exact) mass is 489 g/mol. The molecule has 0 spiro atoms. The second kappa shape index (κ2) is 8.49. The van der Waals surface area contributed by atoms with Gasteiger partial charge in [0.1, 0.15) is 28.1 Å². The molecule has 0 bridgehead atoms. The number of rotatable bonds is 4. The number of anilines is 1. The van der Waals surface area contributed by atoms with Crippen molar-refractivity contribution in [1.29, 1.82) is 5.26 Å². The number of fused-ring (bicyclic) bond motifs is 2. The summed E-state index contributed by atoms with van der Waals surface area (Å²) in [5.74, 6) is -1.01. The van der Waals surface area contributed by atoms with Gasteiger partial charge in [0.15, 0.2) is 5.76 Å². The van der Waals surface area contributed by atoms with Gasteiger partial charge in [0.2, 0.25) is 5.88 Å². The highest BCUT2D eigenvalue weighted by Gasteiger charge is 2.47. The SMILES string of the molecule is COc1ccc(CN2c3ccccc3C3=C([C@@H](c4ccc(F)cc4)C(C#N)=C(N)O3)S2(=O)=O)cc1. The van der Waals surface area contributed by atoms with Crippen molar-refractivity contribution in [2.75, 3.05) is 11.4 Å². The van der Waals surface area contributed by atoms with Crippen molar-refractivity contribution in [3.63, 3.8) is 0 Å². The molecule has 2 aliphatic rings. The van der Waals surface area contributed by atoms with E-state index >= 15 is 0 Å². The lowest BCUT2D eigenvalue weighted by Gasteiger charge is -2.38. The van der Waals surface area contributed by atoms with Crippen LogP contribution in [0.2, 0.25) is 0 Å². The molecule has 0 radical (unpaired) electrons. The van der Waals surface area contributed by atoms with E-state index in [1.807, 2.05) is 6.07 Å². The minimum atomic E-state index is -4.20. The first-order valence-electron chi connectivity index (χ1n) is 10.7. The second-order valence-corrected chi connectivity index (χ2v) is 9.88. The van der Waals surface area contributed by atoms with Gasteiger partial charge >= 0.3 is 0 Å². The molecule has 1 atom stereocenters. The molecule has 0 fully saturated rings. The summed E-state index contributed by atoms with van der Waals surface area (Å²) in [5.41, 5.74) is 8.13. The molecule has 9 heteroatoms. The van der Waals surface area contributed by atoms with Crippen LogP contribution in [-0.4, -0.2) is 15.5 Å². The Morgan fingerprint density at radius 2 is 1.77 bits per heavy atom. The van der Waals surface area contributed by atoms with Crippen LogP contribution >= 0.6 is 0 Å². The zero-order chi connectivity index (χ0) is 24.7. The first kappa shape index (κ1) is 22.5. The van der Waals surface area contributed by atoms with E-state index in [-0.39, 0.29) is 28.7 Å². The smallest absolute Gasteiger partial charge is 0.265 e. The Hall–Kier alpha value is -4.29. The van der Waals surface area contributed by atoms with Gasteiger partial charge in [-0.05, 0) is 47.5 Å². The molecule has 2 aliphatic heterocycles. The zero-order valence-electron chi connectivity index (χ0n) is 18.6. The van der Waals surface area contributed by atoms with Crippen LogP contribution in [0.25, 0.3) is 5.76 Å². The third-order valence-electron chi connectivity index (χ3n) is 6.05. The maximum Gasteiger partial charge on any atom is 0.265 e. The zero-order valence-corrected chi connectivity index (χ0v) is 19.4. The standard InChI is InChI=1S/C26H20FN3O4S/c1-33-19-12-6-16(7-13-19)15-30-22-5-3-2-4-20(22)24-25(35(30,31)32)23(21(14-28)26(29)34-24)17-8-10-18(27)11-9-17/h2-13,23H,15,29H2,1H3/t23-/m0/s1. The summed E-state index contributed by atoms with van der Waals surface area (Å²) in [6.07, 6.45) is 0. The summed E-state index contributed by atoms with van der Waals surface area (Å²) in [5, 5.41) is 9.87. The molecule has 0 unspecified atom stereocenters. The van der Waals surface area contributed by atoms with E-state index in [4.69, 9.17) is 15.2 Å². The molecule has 0 saturated heterocycles. The van der Waals surface area contributed by atoms with Crippen LogP contribution in [0.1, 0.15) is 22.6 Å². The first-order valence-corrected chi connectivity index (χ1v) is 12.1. The lowest BCUT2D eigenvalue weighted by Crippen LogP contribution is -2.39. The largest absolute Gasteiger partial charge is 0.497 e. The summed E-state index contributed by atoms with van der Waals surface area (Å²) in [7, 11) is -2.65. The van der Waals surface area contributed by atoms with Crippen molar-refractivity contribution in [2.24, 2.45) is 5.73 Å². The lowest BCUT2D eigenvalue weighted by molar-refractivity contribution is 0.357. The molecule has 35 heavy (non-hydrogen) atoms. The number of ether oxygens (including phenoxy) is 2. The highest BCUT2D eigenvalue weighted by molar-refractivity contribution is 7.96. The number of benzene rings is 3. The first-order chi connectivity index (χ1) is 16.8. The Morgan fingerprint density at radius 1 is 1.09 bits per heavy atom. The molecule has 7 nitrogen and oxygen atoms in total. The van der Waals surface area contributed by atoms with E-state index in [9.17, 15) is 18.1 Å². The van der Waals surface area contributed by atoms with E-state index in [1.54, 1.807) is 55.6 Å². The van der Waals surface area contributed by atoms with Gasteiger partial charge in [-0.15, -0.1) is 0 Å². The van der Waals surface area contributed by atoms with Gasteiger partial charge in [-0.1, -0.05) is 36.4 Å². The van der Waals surface area contributed by atoms with Crippen molar-refractivity contribution in [2.45, 2.75) is 12.5 Å².